The highest BCUT2D eigenvalue weighted by Crippen LogP contribution is 2.33. The van der Waals surface area contributed by atoms with Gasteiger partial charge in [0.2, 0.25) is 8.40 Å². The molecular weight excluding hydrogens is 248 g/mol. The van der Waals surface area contributed by atoms with Crippen molar-refractivity contribution in [2.45, 2.75) is 80.3 Å². The Morgan fingerprint density at radius 3 is 1.21 bits per heavy atom. The molecular formula is C16H38N2Si. The van der Waals surface area contributed by atoms with Crippen molar-refractivity contribution in [3.05, 3.63) is 0 Å². The lowest BCUT2D eigenvalue weighted by Gasteiger charge is -2.42. The van der Waals surface area contributed by atoms with Crippen LogP contribution in [0.2, 0.25) is 12.1 Å². The molecule has 0 aliphatic heterocycles. The van der Waals surface area contributed by atoms with Crippen molar-refractivity contribution in [2.75, 3.05) is 13.1 Å². The second kappa shape index (κ2) is 7.80. The van der Waals surface area contributed by atoms with E-state index in [0.717, 1.165) is 13.1 Å². The zero-order valence-corrected chi connectivity index (χ0v) is 15.7. The van der Waals surface area contributed by atoms with Crippen molar-refractivity contribution in [1.82, 2.24) is 9.96 Å². The molecule has 0 aromatic heterocycles. The van der Waals surface area contributed by atoms with Crippen LogP contribution in [0.25, 0.3) is 0 Å². The number of hydrogen-bond acceptors (Lipinski definition) is 2. The van der Waals surface area contributed by atoms with Gasteiger partial charge in [-0.15, -0.1) is 0 Å². The summed E-state index contributed by atoms with van der Waals surface area (Å²) < 4.78 is 0. The monoisotopic (exact) mass is 286 g/mol. The van der Waals surface area contributed by atoms with E-state index in [2.05, 4.69) is 65.4 Å². The summed E-state index contributed by atoms with van der Waals surface area (Å²) in [6, 6.07) is 2.61. The molecule has 0 saturated heterocycles. The van der Waals surface area contributed by atoms with Crippen molar-refractivity contribution >= 4 is 8.40 Å². The van der Waals surface area contributed by atoms with Gasteiger partial charge in [-0.3, -0.25) is 0 Å². The van der Waals surface area contributed by atoms with Crippen LogP contribution in [-0.4, -0.2) is 21.5 Å². The van der Waals surface area contributed by atoms with Gasteiger partial charge in [0, 0.05) is 0 Å². The minimum absolute atomic E-state index is 0.388. The molecule has 0 aromatic carbocycles. The van der Waals surface area contributed by atoms with E-state index in [1.54, 1.807) is 0 Å². The molecule has 0 unspecified atom stereocenters. The predicted molar refractivity (Wildman–Crippen MR) is 90.9 cm³/mol. The molecule has 0 fully saturated rings. The molecule has 0 bridgehead atoms. The van der Waals surface area contributed by atoms with Crippen LogP contribution < -0.4 is 9.96 Å². The normalized spacial score (nSPS) is 13.9. The fourth-order valence-electron chi connectivity index (χ4n) is 2.91. The van der Waals surface area contributed by atoms with E-state index in [1.807, 2.05) is 0 Å². The van der Waals surface area contributed by atoms with E-state index in [0.29, 0.717) is 10.8 Å². The molecule has 0 atom stereocenters. The quantitative estimate of drug-likeness (QED) is 0.641. The summed E-state index contributed by atoms with van der Waals surface area (Å²) in [6.07, 6.45) is 2.44. The minimum atomic E-state index is -1.61. The first-order valence-electron chi connectivity index (χ1n) is 8.04. The van der Waals surface area contributed by atoms with Gasteiger partial charge < -0.3 is 9.96 Å². The van der Waals surface area contributed by atoms with Gasteiger partial charge in [-0.2, -0.15) is 0 Å². The Bertz CT molecular complexity index is 212. The molecule has 2 N–H and O–H groups in total. The zero-order valence-electron chi connectivity index (χ0n) is 14.7. The lowest BCUT2D eigenvalue weighted by molar-refractivity contribution is 0.418. The molecule has 0 heterocycles. The third kappa shape index (κ3) is 9.64. The largest absolute Gasteiger partial charge is 0.325 e. The second-order valence-corrected chi connectivity index (χ2v) is 12.0. The molecule has 19 heavy (non-hydrogen) atoms. The fourth-order valence-corrected chi connectivity index (χ4v) is 8.74. The van der Waals surface area contributed by atoms with Gasteiger partial charge in [-0.05, 0) is 48.8 Å². The van der Waals surface area contributed by atoms with E-state index in [9.17, 15) is 0 Å². The summed E-state index contributed by atoms with van der Waals surface area (Å²) in [5, 5.41) is 0. The van der Waals surface area contributed by atoms with Crippen LogP contribution in [-0.2, 0) is 0 Å². The first kappa shape index (κ1) is 19.1. The van der Waals surface area contributed by atoms with Crippen LogP contribution in [0.3, 0.4) is 0 Å². The SMILES string of the molecule is CCCN[Si](CC(C)(C)C)(CC(C)(C)C)NCCC. The Hall–Kier alpha value is 0.137. The molecule has 3 heteroatoms. The maximum absolute atomic E-state index is 3.96. The van der Waals surface area contributed by atoms with Gasteiger partial charge in [0.1, 0.15) is 0 Å². The molecule has 116 valence electrons. The van der Waals surface area contributed by atoms with Gasteiger partial charge in [0.15, 0.2) is 0 Å². The fraction of sp³-hybridized carbons (Fsp3) is 1.00. The van der Waals surface area contributed by atoms with Crippen LogP contribution >= 0.6 is 0 Å². The van der Waals surface area contributed by atoms with Crippen LogP contribution in [0, 0.1) is 10.8 Å². The third-order valence-electron chi connectivity index (χ3n) is 3.09. The van der Waals surface area contributed by atoms with Gasteiger partial charge in [-0.1, -0.05) is 55.4 Å². The van der Waals surface area contributed by atoms with Crippen molar-refractivity contribution in [2.24, 2.45) is 10.8 Å². The summed E-state index contributed by atoms with van der Waals surface area (Å²) in [5.41, 5.74) is 0.776. The van der Waals surface area contributed by atoms with Crippen molar-refractivity contribution in [3.63, 3.8) is 0 Å². The predicted octanol–water partition coefficient (Wildman–Crippen LogP) is 4.52. The first-order chi connectivity index (χ1) is 8.54. The minimum Gasteiger partial charge on any atom is -0.325 e. The molecule has 0 rings (SSSR count). The average molecular weight is 287 g/mol. The highest BCUT2D eigenvalue weighted by atomic mass is 28.3. The Kier molecular flexibility index (Phi) is 7.85. The van der Waals surface area contributed by atoms with Crippen molar-refractivity contribution in [3.8, 4) is 0 Å². The Morgan fingerprint density at radius 2 is 1.00 bits per heavy atom. The van der Waals surface area contributed by atoms with Crippen LogP contribution in [0.5, 0.6) is 0 Å². The van der Waals surface area contributed by atoms with Gasteiger partial charge in [0.05, 0.1) is 0 Å². The van der Waals surface area contributed by atoms with Gasteiger partial charge in [0.25, 0.3) is 0 Å². The van der Waals surface area contributed by atoms with Crippen molar-refractivity contribution in [1.29, 1.82) is 0 Å². The Balaban J connectivity index is 5.06. The summed E-state index contributed by atoms with van der Waals surface area (Å²) in [5.74, 6) is 0. The molecule has 2 nitrogen and oxygen atoms in total. The number of rotatable bonds is 8. The van der Waals surface area contributed by atoms with Gasteiger partial charge >= 0.3 is 0 Å². The lowest BCUT2D eigenvalue weighted by atomic mass is 10.00. The molecule has 0 aromatic rings. The standard InChI is InChI=1S/C16H38N2Si/c1-9-11-17-19(18-12-10-2,13-15(3,4)5)14-16(6,7)8/h17-18H,9-14H2,1-8H3. The molecule has 0 spiro atoms. The Labute approximate surface area is 123 Å². The number of hydrogen-bond donors (Lipinski definition) is 2. The maximum Gasteiger partial charge on any atom is 0.202 e. The first-order valence-corrected chi connectivity index (χ1v) is 10.4. The summed E-state index contributed by atoms with van der Waals surface area (Å²) in [4.78, 5) is 7.92. The molecule has 0 saturated carbocycles. The number of nitrogens with one attached hydrogen (secondary N) is 2. The van der Waals surface area contributed by atoms with E-state index in [4.69, 9.17) is 0 Å². The highest BCUT2D eigenvalue weighted by molar-refractivity contribution is 6.75. The summed E-state index contributed by atoms with van der Waals surface area (Å²) in [6.45, 7) is 21.1. The molecule has 0 aliphatic carbocycles. The Morgan fingerprint density at radius 1 is 0.684 bits per heavy atom. The maximum atomic E-state index is 3.96. The second-order valence-electron chi connectivity index (χ2n) is 8.41. The van der Waals surface area contributed by atoms with Crippen molar-refractivity contribution < 1.29 is 0 Å². The topological polar surface area (TPSA) is 24.1 Å². The average Bonchev–Trinajstić information content (AvgIpc) is 2.19. The van der Waals surface area contributed by atoms with Crippen LogP contribution in [0.1, 0.15) is 68.2 Å². The molecule has 0 aliphatic rings. The third-order valence-corrected chi connectivity index (χ3v) is 8.27. The van der Waals surface area contributed by atoms with Gasteiger partial charge in [-0.25, -0.2) is 0 Å². The molecule has 0 radical (unpaired) electrons. The van der Waals surface area contributed by atoms with E-state index in [1.165, 1.54) is 24.9 Å². The molecule has 0 amide bonds. The highest BCUT2D eigenvalue weighted by Gasteiger charge is 2.39. The van der Waals surface area contributed by atoms with E-state index < -0.39 is 8.40 Å². The smallest absolute Gasteiger partial charge is 0.202 e. The zero-order chi connectivity index (χ0) is 15.2. The van der Waals surface area contributed by atoms with Crippen LogP contribution in [0.15, 0.2) is 0 Å². The van der Waals surface area contributed by atoms with Crippen LogP contribution in [0.4, 0.5) is 0 Å². The van der Waals surface area contributed by atoms with E-state index in [-0.39, 0.29) is 0 Å². The lowest BCUT2D eigenvalue weighted by Crippen LogP contribution is -2.65. The summed E-state index contributed by atoms with van der Waals surface area (Å²) >= 11 is 0. The van der Waals surface area contributed by atoms with E-state index >= 15 is 0 Å². The summed E-state index contributed by atoms with van der Waals surface area (Å²) in [7, 11) is -1.61.